The Kier molecular flexibility index (Phi) is 4.74. The Hall–Kier alpha value is -1.62. The Morgan fingerprint density at radius 1 is 1.68 bits per heavy atom. The van der Waals surface area contributed by atoms with Crippen molar-refractivity contribution < 1.29 is 14.3 Å². The van der Waals surface area contributed by atoms with E-state index < -0.39 is 0 Å². The van der Waals surface area contributed by atoms with Gasteiger partial charge in [0.1, 0.15) is 5.56 Å². The minimum Gasteiger partial charge on any atom is -0.477 e. The molecular weight excluding hydrogens is 244 g/mol. The van der Waals surface area contributed by atoms with E-state index in [9.17, 15) is 4.79 Å². The molecule has 0 bridgehead atoms. The van der Waals surface area contributed by atoms with E-state index in [-0.39, 0.29) is 18.1 Å². The second-order valence-corrected chi connectivity index (χ2v) is 4.60. The second kappa shape index (κ2) is 6.52. The zero-order valence-electron chi connectivity index (χ0n) is 11.4. The Morgan fingerprint density at radius 2 is 2.53 bits per heavy atom. The first-order valence-corrected chi connectivity index (χ1v) is 6.72. The fraction of sp³-hybridized carbons (Fsp3) is 0.571. The zero-order valence-corrected chi connectivity index (χ0v) is 11.4. The summed E-state index contributed by atoms with van der Waals surface area (Å²) in [7, 11) is 0. The number of nitrogens with zero attached hydrogens (tertiary/aromatic N) is 1. The van der Waals surface area contributed by atoms with Crippen molar-refractivity contribution in [1.29, 1.82) is 0 Å². The Bertz CT molecular complexity index is 430. The van der Waals surface area contributed by atoms with Gasteiger partial charge in [-0.15, -0.1) is 0 Å². The molecule has 0 unspecified atom stereocenters. The van der Waals surface area contributed by atoms with Gasteiger partial charge in [0.25, 0.3) is 5.91 Å². The molecule has 1 N–H and O–H groups in total. The standard InChI is InChI=1S/C14H20N2O3/c1-3-18-14-11(6-4-8-15-14)13(17)16-10(2)12-7-5-9-19-12/h4,6,8,10,12H,3,5,7,9H2,1-2H3,(H,16,17)/t10-,12+/m0/s1. The fourth-order valence-corrected chi connectivity index (χ4v) is 2.19. The molecule has 104 valence electrons. The summed E-state index contributed by atoms with van der Waals surface area (Å²) in [6.45, 7) is 5.09. The number of carbonyl (C=O) groups excluding carboxylic acids is 1. The average Bonchev–Trinajstić information content (AvgIpc) is 2.93. The van der Waals surface area contributed by atoms with Gasteiger partial charge in [-0.2, -0.15) is 0 Å². The van der Waals surface area contributed by atoms with E-state index in [1.807, 2.05) is 13.8 Å². The molecule has 1 aliphatic rings. The van der Waals surface area contributed by atoms with E-state index in [4.69, 9.17) is 9.47 Å². The lowest BCUT2D eigenvalue weighted by Crippen LogP contribution is -2.41. The number of amides is 1. The molecule has 0 aromatic carbocycles. The zero-order chi connectivity index (χ0) is 13.7. The lowest BCUT2D eigenvalue weighted by molar-refractivity contribution is 0.0710. The van der Waals surface area contributed by atoms with Crippen LogP contribution in [0.15, 0.2) is 18.3 Å². The van der Waals surface area contributed by atoms with E-state index in [2.05, 4.69) is 10.3 Å². The number of rotatable bonds is 5. The Balaban J connectivity index is 2.02. The Labute approximate surface area is 113 Å². The van der Waals surface area contributed by atoms with Crippen molar-refractivity contribution >= 4 is 5.91 Å². The van der Waals surface area contributed by atoms with Gasteiger partial charge in [-0.25, -0.2) is 4.98 Å². The van der Waals surface area contributed by atoms with Crippen LogP contribution in [0.1, 0.15) is 37.0 Å². The van der Waals surface area contributed by atoms with Crippen LogP contribution in [0.2, 0.25) is 0 Å². The first-order chi connectivity index (χ1) is 9.22. The summed E-state index contributed by atoms with van der Waals surface area (Å²) in [6.07, 6.45) is 3.77. The third-order valence-electron chi connectivity index (χ3n) is 3.18. The van der Waals surface area contributed by atoms with Crippen molar-refractivity contribution in [2.75, 3.05) is 13.2 Å². The van der Waals surface area contributed by atoms with E-state index in [0.717, 1.165) is 19.4 Å². The summed E-state index contributed by atoms with van der Waals surface area (Å²) in [4.78, 5) is 16.3. The van der Waals surface area contributed by atoms with E-state index in [1.54, 1.807) is 18.3 Å². The van der Waals surface area contributed by atoms with Crippen LogP contribution in [0.5, 0.6) is 5.88 Å². The average molecular weight is 264 g/mol. The van der Waals surface area contributed by atoms with Crippen LogP contribution in [0.25, 0.3) is 0 Å². The van der Waals surface area contributed by atoms with Crippen molar-refractivity contribution in [3.05, 3.63) is 23.9 Å². The van der Waals surface area contributed by atoms with Gasteiger partial charge in [0.15, 0.2) is 0 Å². The summed E-state index contributed by atoms with van der Waals surface area (Å²) in [5.74, 6) is 0.210. The van der Waals surface area contributed by atoms with E-state index in [1.165, 1.54) is 0 Å². The molecule has 2 atom stereocenters. The molecule has 5 heteroatoms. The highest BCUT2D eigenvalue weighted by atomic mass is 16.5. The first-order valence-electron chi connectivity index (χ1n) is 6.72. The van der Waals surface area contributed by atoms with Gasteiger partial charge in [0.2, 0.25) is 5.88 Å². The maximum absolute atomic E-state index is 12.2. The fourth-order valence-electron chi connectivity index (χ4n) is 2.19. The number of hydrogen-bond acceptors (Lipinski definition) is 4. The van der Waals surface area contributed by atoms with Crippen LogP contribution in [-0.4, -0.2) is 36.3 Å². The monoisotopic (exact) mass is 264 g/mol. The molecule has 5 nitrogen and oxygen atoms in total. The van der Waals surface area contributed by atoms with Gasteiger partial charge in [-0.3, -0.25) is 4.79 Å². The molecule has 2 rings (SSSR count). The second-order valence-electron chi connectivity index (χ2n) is 4.60. The van der Waals surface area contributed by atoms with E-state index in [0.29, 0.717) is 18.1 Å². The van der Waals surface area contributed by atoms with Crippen molar-refractivity contribution in [3.8, 4) is 5.88 Å². The first kappa shape index (κ1) is 13.8. The largest absolute Gasteiger partial charge is 0.477 e. The van der Waals surface area contributed by atoms with Crippen LogP contribution in [0.4, 0.5) is 0 Å². The molecule has 1 aromatic heterocycles. The molecule has 0 radical (unpaired) electrons. The number of nitrogens with one attached hydrogen (secondary N) is 1. The molecule has 2 heterocycles. The van der Waals surface area contributed by atoms with Gasteiger partial charge in [-0.1, -0.05) is 0 Å². The number of pyridine rings is 1. The highest BCUT2D eigenvalue weighted by Gasteiger charge is 2.25. The highest BCUT2D eigenvalue weighted by molar-refractivity contribution is 5.96. The van der Waals surface area contributed by atoms with Crippen LogP contribution in [-0.2, 0) is 4.74 Å². The van der Waals surface area contributed by atoms with Crippen LogP contribution in [0.3, 0.4) is 0 Å². The van der Waals surface area contributed by atoms with Crippen molar-refractivity contribution in [1.82, 2.24) is 10.3 Å². The predicted molar refractivity (Wildman–Crippen MR) is 71.3 cm³/mol. The minimum absolute atomic E-state index is 0.00955. The molecule has 1 fully saturated rings. The highest BCUT2D eigenvalue weighted by Crippen LogP contribution is 2.18. The van der Waals surface area contributed by atoms with Crippen LogP contribution in [0, 0.1) is 0 Å². The topological polar surface area (TPSA) is 60.5 Å². The van der Waals surface area contributed by atoms with Crippen molar-refractivity contribution in [3.63, 3.8) is 0 Å². The maximum Gasteiger partial charge on any atom is 0.257 e. The smallest absolute Gasteiger partial charge is 0.257 e. The molecule has 1 aliphatic heterocycles. The SMILES string of the molecule is CCOc1ncccc1C(=O)N[C@@H](C)[C@H]1CCCO1. The van der Waals surface area contributed by atoms with Gasteiger partial charge >= 0.3 is 0 Å². The number of hydrogen-bond donors (Lipinski definition) is 1. The number of ether oxygens (including phenoxy) is 2. The molecule has 19 heavy (non-hydrogen) atoms. The molecule has 0 spiro atoms. The third-order valence-corrected chi connectivity index (χ3v) is 3.18. The van der Waals surface area contributed by atoms with Gasteiger partial charge < -0.3 is 14.8 Å². The quantitative estimate of drug-likeness (QED) is 0.880. The van der Waals surface area contributed by atoms with Crippen molar-refractivity contribution in [2.45, 2.75) is 38.8 Å². The third kappa shape index (κ3) is 3.44. The minimum atomic E-state index is -0.167. The maximum atomic E-state index is 12.2. The lowest BCUT2D eigenvalue weighted by atomic mass is 10.1. The van der Waals surface area contributed by atoms with Gasteiger partial charge in [0.05, 0.1) is 18.8 Å². The Morgan fingerprint density at radius 3 is 3.21 bits per heavy atom. The number of aromatic nitrogens is 1. The summed E-state index contributed by atoms with van der Waals surface area (Å²) in [5.41, 5.74) is 0.467. The molecule has 1 aromatic rings. The summed E-state index contributed by atoms with van der Waals surface area (Å²) in [5, 5.41) is 2.95. The molecule has 1 amide bonds. The normalized spacial score (nSPS) is 20.0. The summed E-state index contributed by atoms with van der Waals surface area (Å²) >= 11 is 0. The van der Waals surface area contributed by atoms with Gasteiger partial charge in [0, 0.05) is 12.8 Å². The lowest BCUT2D eigenvalue weighted by Gasteiger charge is -2.20. The van der Waals surface area contributed by atoms with E-state index >= 15 is 0 Å². The van der Waals surface area contributed by atoms with Crippen LogP contribution < -0.4 is 10.1 Å². The summed E-state index contributed by atoms with van der Waals surface area (Å²) < 4.78 is 10.9. The molecule has 0 aliphatic carbocycles. The number of carbonyl (C=O) groups is 1. The summed E-state index contributed by atoms with van der Waals surface area (Å²) in [6, 6.07) is 3.44. The molecule has 1 saturated heterocycles. The van der Waals surface area contributed by atoms with Crippen LogP contribution >= 0.6 is 0 Å². The van der Waals surface area contributed by atoms with Crippen molar-refractivity contribution in [2.24, 2.45) is 0 Å². The van der Waals surface area contributed by atoms with Gasteiger partial charge in [-0.05, 0) is 38.8 Å². The molecule has 0 saturated carbocycles. The molecular formula is C14H20N2O3. The predicted octanol–water partition coefficient (Wildman–Crippen LogP) is 1.78.